The van der Waals surface area contributed by atoms with Crippen molar-refractivity contribution < 1.29 is 48.3 Å². The van der Waals surface area contributed by atoms with Crippen molar-refractivity contribution in [1.82, 2.24) is 20.9 Å². The number of fused-ring (bicyclic) bond motifs is 1. The average Bonchev–Trinajstić information content (AvgIpc) is 3.36. The van der Waals surface area contributed by atoms with Crippen molar-refractivity contribution >= 4 is 17.8 Å². The van der Waals surface area contributed by atoms with Gasteiger partial charge in [-0.1, -0.05) is 34.6 Å². The molecule has 0 saturated carbocycles. The average molecular weight is 701 g/mol. The number of ketones is 1. The third-order valence-corrected chi connectivity index (χ3v) is 10.8. The fraction of sp³-hybridized carbons (Fsp3) is 0.914. The molecule has 1 amide bonds. The molecule has 3 saturated heterocycles. The number of hydrogen-bond acceptors (Lipinski definition) is 13. The Morgan fingerprint density at radius 2 is 1.78 bits per heavy atom. The molecule has 0 aromatic rings. The number of cyclic esters (lactones) is 1. The van der Waals surface area contributed by atoms with E-state index in [1.807, 2.05) is 60.5 Å². The van der Waals surface area contributed by atoms with Crippen LogP contribution in [0.2, 0.25) is 0 Å². The first-order chi connectivity index (χ1) is 22.8. The number of ether oxygens (including phenoxy) is 5. The molecule has 5 N–H and O–H groups in total. The third-order valence-electron chi connectivity index (χ3n) is 10.8. The van der Waals surface area contributed by atoms with Gasteiger partial charge >= 0.3 is 12.1 Å². The van der Waals surface area contributed by atoms with Crippen LogP contribution in [0.15, 0.2) is 0 Å². The molecule has 3 fully saturated rings. The number of carbonyl (C=O) groups excluding carboxylic acids is 3. The fourth-order valence-corrected chi connectivity index (χ4v) is 7.71. The molecule has 0 aromatic heterocycles. The quantitative estimate of drug-likeness (QED) is 0.173. The molecule has 14 nitrogen and oxygen atoms in total. The highest BCUT2D eigenvalue weighted by atomic mass is 16.7. The summed E-state index contributed by atoms with van der Waals surface area (Å²) in [5.41, 5.74) is -2.27. The largest absolute Gasteiger partial charge is 0.458 e. The van der Waals surface area contributed by atoms with E-state index >= 15 is 0 Å². The molecular formula is C35H64N4O10. The second kappa shape index (κ2) is 17.1. The minimum Gasteiger partial charge on any atom is -0.458 e. The number of likely N-dealkylation sites (N-methyl/N-ethyl adjacent to an activating group) is 1. The van der Waals surface area contributed by atoms with Gasteiger partial charge in [-0.2, -0.15) is 0 Å². The number of hydrogen-bond donors (Lipinski definition) is 5. The minimum atomic E-state index is -1.21. The van der Waals surface area contributed by atoms with Gasteiger partial charge in [-0.25, -0.2) is 4.79 Å². The van der Waals surface area contributed by atoms with E-state index in [1.165, 1.54) is 6.92 Å². The highest BCUT2D eigenvalue weighted by Crippen LogP contribution is 2.38. The number of nitrogens with one attached hydrogen (secondary N) is 3. The topological polar surface area (TPSA) is 177 Å². The van der Waals surface area contributed by atoms with Crippen molar-refractivity contribution in [2.45, 2.75) is 154 Å². The molecule has 14 atom stereocenters. The number of nitrogens with zero attached hydrogens (tertiary/aromatic N) is 1. The lowest BCUT2D eigenvalue weighted by Gasteiger charge is -2.47. The summed E-state index contributed by atoms with van der Waals surface area (Å²) in [7, 11) is 5.24. The lowest BCUT2D eigenvalue weighted by molar-refractivity contribution is -0.306. The standard InChI is InChI=1S/C35H64N4O10/c1-13-26-35(9)29(38-33(44)49-35)22(7)37-16-19(4)15-34(8,45-12)30(20(5)27(41)21(6)31(43)47-26)48-32-28(42)23(39(10)11)14-25(46-32)24(40)17-36-18(2)3/h18-26,28-30,32,36-37,40,42H,13-17H2,1-12H3,(H,38,44)/t19-,20+,21?,22-,23?,24?,25+,26-,28?,29-,30-,32+,34-,35-/m1/s1. The van der Waals surface area contributed by atoms with E-state index in [-0.39, 0.29) is 24.5 Å². The summed E-state index contributed by atoms with van der Waals surface area (Å²) >= 11 is 0. The van der Waals surface area contributed by atoms with Gasteiger partial charge in [-0.3, -0.25) is 9.59 Å². The Bertz CT molecular complexity index is 1130. The summed E-state index contributed by atoms with van der Waals surface area (Å²) in [6.07, 6.45) is -5.11. The van der Waals surface area contributed by atoms with Gasteiger partial charge in [0, 0.05) is 37.7 Å². The van der Waals surface area contributed by atoms with E-state index in [9.17, 15) is 24.6 Å². The van der Waals surface area contributed by atoms with Gasteiger partial charge in [0.2, 0.25) is 0 Å². The van der Waals surface area contributed by atoms with Crippen molar-refractivity contribution in [1.29, 1.82) is 0 Å². The zero-order valence-corrected chi connectivity index (χ0v) is 31.6. The minimum absolute atomic E-state index is 0.0177. The van der Waals surface area contributed by atoms with Crippen LogP contribution in [0.3, 0.4) is 0 Å². The number of amides is 1. The molecule has 49 heavy (non-hydrogen) atoms. The monoisotopic (exact) mass is 700 g/mol. The van der Waals surface area contributed by atoms with Crippen LogP contribution in [-0.4, -0.2) is 139 Å². The SMILES string of the molecule is CC[C@H]1OC(=O)C(C)C(=O)[C@H](C)[C@@H](O[C@@H]2O[C@H](C(O)CNC(C)C)CC(N(C)C)C2O)[C@](C)(OC)C[C@@H](C)CN[C@H](C)[C@H]2NC(=O)O[C@@]21C. The van der Waals surface area contributed by atoms with E-state index in [0.29, 0.717) is 25.8 Å². The normalized spacial score (nSPS) is 42.1. The number of aliphatic hydroxyl groups is 2. The van der Waals surface area contributed by atoms with Gasteiger partial charge in [-0.15, -0.1) is 0 Å². The number of rotatable bonds is 9. The molecule has 3 rings (SSSR count). The van der Waals surface area contributed by atoms with Gasteiger partial charge in [0.25, 0.3) is 0 Å². The maximum atomic E-state index is 14.2. The van der Waals surface area contributed by atoms with Crippen molar-refractivity contribution in [3.05, 3.63) is 0 Å². The molecule has 284 valence electrons. The zero-order valence-electron chi connectivity index (χ0n) is 31.6. The Balaban J connectivity index is 2.02. The van der Waals surface area contributed by atoms with E-state index < -0.39 is 89.8 Å². The molecule has 0 spiro atoms. The van der Waals surface area contributed by atoms with Crippen molar-refractivity contribution in [2.24, 2.45) is 17.8 Å². The second-order valence-corrected chi connectivity index (χ2v) is 15.5. The second-order valence-electron chi connectivity index (χ2n) is 15.5. The highest BCUT2D eigenvalue weighted by Gasteiger charge is 2.55. The summed E-state index contributed by atoms with van der Waals surface area (Å²) in [6.45, 7) is 17.4. The van der Waals surface area contributed by atoms with Gasteiger partial charge < -0.3 is 54.7 Å². The fourth-order valence-electron chi connectivity index (χ4n) is 7.71. The highest BCUT2D eigenvalue weighted by molar-refractivity contribution is 6.00. The summed E-state index contributed by atoms with van der Waals surface area (Å²) in [5.74, 6) is -3.29. The van der Waals surface area contributed by atoms with E-state index in [4.69, 9.17) is 23.7 Å². The lowest BCUT2D eigenvalue weighted by Crippen LogP contribution is -2.61. The number of alkyl carbamates (subject to hydrolysis) is 1. The van der Waals surface area contributed by atoms with Crippen LogP contribution in [0, 0.1) is 17.8 Å². The van der Waals surface area contributed by atoms with Crippen LogP contribution in [0.25, 0.3) is 0 Å². The molecule has 4 unspecified atom stereocenters. The predicted molar refractivity (Wildman–Crippen MR) is 183 cm³/mol. The smallest absolute Gasteiger partial charge is 0.408 e. The Morgan fingerprint density at radius 1 is 1.12 bits per heavy atom. The first-order valence-corrected chi connectivity index (χ1v) is 17.9. The van der Waals surface area contributed by atoms with Gasteiger partial charge in [0.05, 0.1) is 30.0 Å². The molecular weight excluding hydrogens is 636 g/mol. The van der Waals surface area contributed by atoms with Crippen LogP contribution < -0.4 is 16.0 Å². The number of aliphatic hydroxyl groups excluding tert-OH is 2. The number of Topliss-reactive ketones (excluding diaryl/α,β-unsaturated/α-hetero) is 1. The van der Waals surface area contributed by atoms with Crippen LogP contribution in [0.1, 0.15) is 81.6 Å². The van der Waals surface area contributed by atoms with Gasteiger partial charge in [0.15, 0.2) is 17.7 Å². The van der Waals surface area contributed by atoms with Crippen LogP contribution in [-0.2, 0) is 33.3 Å². The lowest BCUT2D eigenvalue weighted by atomic mass is 9.78. The van der Waals surface area contributed by atoms with Gasteiger partial charge in [0.1, 0.15) is 18.1 Å². The molecule has 14 heteroatoms. The molecule has 3 aliphatic heterocycles. The number of esters is 1. The molecule has 3 heterocycles. The van der Waals surface area contributed by atoms with Crippen LogP contribution in [0.5, 0.6) is 0 Å². The first kappa shape index (κ1) is 41.5. The summed E-state index contributed by atoms with van der Waals surface area (Å²) in [4.78, 5) is 42.2. The Labute approximate surface area is 292 Å². The Hall–Kier alpha value is -1.91. The summed E-state index contributed by atoms with van der Waals surface area (Å²) in [5, 5.41) is 32.3. The summed E-state index contributed by atoms with van der Waals surface area (Å²) < 4.78 is 30.9. The Morgan fingerprint density at radius 3 is 2.35 bits per heavy atom. The van der Waals surface area contributed by atoms with Crippen molar-refractivity contribution in [3.8, 4) is 0 Å². The Kier molecular flexibility index (Phi) is 14.5. The first-order valence-electron chi connectivity index (χ1n) is 17.9. The maximum Gasteiger partial charge on any atom is 0.408 e. The van der Waals surface area contributed by atoms with Crippen molar-refractivity contribution in [3.63, 3.8) is 0 Å². The van der Waals surface area contributed by atoms with Crippen LogP contribution in [0.4, 0.5) is 4.79 Å². The van der Waals surface area contributed by atoms with Gasteiger partial charge in [-0.05, 0) is 73.5 Å². The molecule has 0 bridgehead atoms. The van der Waals surface area contributed by atoms with Crippen LogP contribution >= 0.6 is 0 Å². The van der Waals surface area contributed by atoms with E-state index in [1.54, 1.807) is 21.0 Å². The molecule has 3 aliphatic rings. The van der Waals surface area contributed by atoms with E-state index in [0.717, 1.165) is 0 Å². The zero-order chi connectivity index (χ0) is 37.0. The van der Waals surface area contributed by atoms with E-state index in [2.05, 4.69) is 16.0 Å². The maximum absolute atomic E-state index is 14.2. The molecule has 0 aliphatic carbocycles. The number of methoxy groups -OCH3 is 1. The number of carbonyl (C=O) groups is 3. The third kappa shape index (κ3) is 9.50. The van der Waals surface area contributed by atoms with Crippen molar-refractivity contribution in [2.75, 3.05) is 34.3 Å². The predicted octanol–water partition coefficient (Wildman–Crippen LogP) is 1.59. The molecule has 0 radical (unpaired) electrons. The molecule has 0 aromatic carbocycles. The summed E-state index contributed by atoms with van der Waals surface area (Å²) in [6, 6.07) is -1.04.